The van der Waals surface area contributed by atoms with E-state index in [4.69, 9.17) is 14.2 Å². The van der Waals surface area contributed by atoms with E-state index >= 15 is 0 Å². The molecule has 0 saturated carbocycles. The van der Waals surface area contributed by atoms with Gasteiger partial charge in [-0.15, -0.1) is 11.3 Å². The number of fused-ring (bicyclic) bond motifs is 1. The highest BCUT2D eigenvalue weighted by atomic mass is 32.1. The van der Waals surface area contributed by atoms with Crippen molar-refractivity contribution in [1.29, 1.82) is 0 Å². The molecule has 9 heteroatoms. The first-order chi connectivity index (χ1) is 16.4. The maximum absolute atomic E-state index is 12.8. The van der Waals surface area contributed by atoms with Crippen LogP contribution in [0.4, 0.5) is 5.69 Å². The molecule has 4 rings (SSSR count). The molecule has 2 heterocycles. The number of nitrogens with one attached hydrogen (secondary N) is 1. The molecular formula is C25H25N3O5S. The van der Waals surface area contributed by atoms with Gasteiger partial charge in [-0.2, -0.15) is 5.10 Å². The first-order valence-corrected chi connectivity index (χ1v) is 11.5. The Morgan fingerprint density at radius 1 is 1.06 bits per heavy atom. The second kappa shape index (κ2) is 9.96. The molecule has 1 unspecified atom stereocenters. The number of nitrogens with zero attached hydrogens (tertiary/aromatic N) is 2. The minimum atomic E-state index is -1.00. The first kappa shape index (κ1) is 23.3. The van der Waals surface area contributed by atoms with Crippen molar-refractivity contribution >= 4 is 39.1 Å². The van der Waals surface area contributed by atoms with E-state index in [0.29, 0.717) is 28.6 Å². The van der Waals surface area contributed by atoms with Crippen LogP contribution in [0.25, 0.3) is 10.2 Å². The number of benzene rings is 2. The molecule has 0 fully saturated rings. The predicted octanol–water partition coefficient (Wildman–Crippen LogP) is 4.66. The smallest absolute Gasteiger partial charge is 0.349 e. The molecule has 2 aromatic heterocycles. The average molecular weight is 480 g/mol. The van der Waals surface area contributed by atoms with Gasteiger partial charge in [0, 0.05) is 29.3 Å². The summed E-state index contributed by atoms with van der Waals surface area (Å²) in [5, 5.41) is 8.22. The molecule has 4 aromatic rings. The van der Waals surface area contributed by atoms with Crippen molar-refractivity contribution in [3.05, 3.63) is 70.7 Å². The number of hydrogen-bond donors (Lipinski definition) is 1. The lowest BCUT2D eigenvalue weighted by Crippen LogP contribution is -2.29. The van der Waals surface area contributed by atoms with Crippen LogP contribution in [-0.4, -0.2) is 42.0 Å². The predicted molar refractivity (Wildman–Crippen MR) is 131 cm³/mol. The minimum Gasteiger partial charge on any atom is -0.497 e. The molecule has 8 nitrogen and oxygen atoms in total. The third-order valence-electron chi connectivity index (χ3n) is 5.26. The Hall–Kier alpha value is -3.85. The van der Waals surface area contributed by atoms with E-state index in [0.717, 1.165) is 21.5 Å². The fourth-order valence-electron chi connectivity index (χ4n) is 3.47. The number of aryl methyl sites for hydroxylation is 1. The number of carbonyl (C=O) groups excluding carboxylic acids is 2. The van der Waals surface area contributed by atoms with Gasteiger partial charge in [-0.1, -0.05) is 30.3 Å². The molecule has 1 amide bonds. The van der Waals surface area contributed by atoms with Gasteiger partial charge < -0.3 is 19.5 Å². The molecule has 1 N–H and O–H groups in total. The normalized spacial score (nSPS) is 11.8. The molecule has 1 atom stereocenters. The Bertz CT molecular complexity index is 1310. The number of rotatable bonds is 8. The number of aromatic nitrogens is 2. The number of carbonyl (C=O) groups is 2. The number of hydrogen-bond acceptors (Lipinski definition) is 7. The SMILES string of the molecule is COc1cc(NC(=O)C(C)OC(=O)c2cc3c(C)nn(Cc4ccccc4)c3s2)cc(OC)c1. The standard InChI is InChI=1S/C25H25N3O5S/c1-15-21-13-22(34-24(21)28(27-15)14-17-8-6-5-7-9-17)25(30)33-16(2)23(29)26-18-10-19(31-3)12-20(11-18)32-4/h5-13,16H,14H2,1-4H3,(H,26,29). The van der Waals surface area contributed by atoms with E-state index in [1.807, 2.05) is 41.9 Å². The number of methoxy groups -OCH3 is 2. The molecule has 0 spiro atoms. The van der Waals surface area contributed by atoms with Crippen LogP contribution in [0.5, 0.6) is 11.5 Å². The Morgan fingerprint density at radius 2 is 1.74 bits per heavy atom. The van der Waals surface area contributed by atoms with Gasteiger partial charge in [0.1, 0.15) is 21.2 Å². The summed E-state index contributed by atoms with van der Waals surface area (Å²) in [7, 11) is 3.05. The maximum Gasteiger partial charge on any atom is 0.349 e. The van der Waals surface area contributed by atoms with Gasteiger partial charge in [0.25, 0.3) is 5.91 Å². The molecule has 176 valence electrons. The van der Waals surface area contributed by atoms with Gasteiger partial charge in [0.05, 0.1) is 26.5 Å². The Kier molecular flexibility index (Phi) is 6.83. The van der Waals surface area contributed by atoms with Crippen molar-refractivity contribution in [2.75, 3.05) is 19.5 Å². The van der Waals surface area contributed by atoms with Crippen LogP contribution in [-0.2, 0) is 16.1 Å². The third kappa shape index (κ3) is 5.04. The van der Waals surface area contributed by atoms with E-state index in [1.54, 1.807) is 24.3 Å². The van der Waals surface area contributed by atoms with Gasteiger partial charge in [-0.25, -0.2) is 4.79 Å². The van der Waals surface area contributed by atoms with E-state index in [2.05, 4.69) is 10.4 Å². The molecule has 0 aliphatic rings. The number of esters is 1. The molecule has 34 heavy (non-hydrogen) atoms. The molecule has 0 radical (unpaired) electrons. The lowest BCUT2D eigenvalue weighted by atomic mass is 10.2. The highest BCUT2D eigenvalue weighted by Gasteiger charge is 2.23. The topological polar surface area (TPSA) is 91.7 Å². The average Bonchev–Trinajstić information content (AvgIpc) is 3.40. The fourth-order valence-corrected chi connectivity index (χ4v) is 4.52. The van der Waals surface area contributed by atoms with E-state index in [9.17, 15) is 9.59 Å². The van der Waals surface area contributed by atoms with Crippen LogP contribution >= 0.6 is 11.3 Å². The van der Waals surface area contributed by atoms with Gasteiger partial charge in [-0.05, 0) is 25.5 Å². The highest BCUT2D eigenvalue weighted by molar-refractivity contribution is 7.20. The lowest BCUT2D eigenvalue weighted by molar-refractivity contribution is -0.123. The van der Waals surface area contributed by atoms with Crippen molar-refractivity contribution in [3.8, 4) is 11.5 Å². The third-order valence-corrected chi connectivity index (χ3v) is 6.38. The monoisotopic (exact) mass is 479 g/mol. The Balaban J connectivity index is 1.46. The lowest BCUT2D eigenvalue weighted by Gasteiger charge is -2.14. The first-order valence-electron chi connectivity index (χ1n) is 10.6. The van der Waals surface area contributed by atoms with Crippen LogP contribution in [0.3, 0.4) is 0 Å². The van der Waals surface area contributed by atoms with Crippen molar-refractivity contribution in [2.45, 2.75) is 26.5 Å². The molecule has 0 aliphatic heterocycles. The van der Waals surface area contributed by atoms with Crippen LogP contribution in [0.2, 0.25) is 0 Å². The van der Waals surface area contributed by atoms with Crippen LogP contribution < -0.4 is 14.8 Å². The maximum atomic E-state index is 12.8. The number of amides is 1. The fraction of sp³-hybridized carbons (Fsp3) is 0.240. The van der Waals surface area contributed by atoms with Crippen molar-refractivity contribution in [1.82, 2.24) is 9.78 Å². The number of thiophene rings is 1. The second-order valence-corrected chi connectivity index (χ2v) is 8.73. The summed E-state index contributed by atoms with van der Waals surface area (Å²) >= 11 is 1.30. The van der Waals surface area contributed by atoms with E-state index in [-0.39, 0.29) is 0 Å². The number of ether oxygens (including phenoxy) is 3. The van der Waals surface area contributed by atoms with Crippen molar-refractivity contribution in [3.63, 3.8) is 0 Å². The molecule has 0 bridgehead atoms. The summed E-state index contributed by atoms with van der Waals surface area (Å²) in [4.78, 5) is 26.7. The summed E-state index contributed by atoms with van der Waals surface area (Å²) in [6, 6.07) is 16.8. The number of anilines is 1. The second-order valence-electron chi connectivity index (χ2n) is 7.70. The zero-order chi connectivity index (χ0) is 24.2. The van der Waals surface area contributed by atoms with E-state index < -0.39 is 18.0 Å². The van der Waals surface area contributed by atoms with Crippen LogP contribution in [0, 0.1) is 6.92 Å². The summed E-state index contributed by atoms with van der Waals surface area (Å²) in [5.41, 5.74) is 2.42. The molecule has 2 aromatic carbocycles. The van der Waals surface area contributed by atoms with Crippen LogP contribution in [0.15, 0.2) is 54.6 Å². The molecule has 0 aliphatic carbocycles. The van der Waals surface area contributed by atoms with Crippen molar-refractivity contribution in [2.24, 2.45) is 0 Å². The van der Waals surface area contributed by atoms with Crippen molar-refractivity contribution < 1.29 is 23.8 Å². The summed E-state index contributed by atoms with van der Waals surface area (Å²) in [5.74, 6) is 0.0444. The quantitative estimate of drug-likeness (QED) is 0.370. The van der Waals surface area contributed by atoms with E-state index in [1.165, 1.54) is 32.5 Å². The highest BCUT2D eigenvalue weighted by Crippen LogP contribution is 2.30. The van der Waals surface area contributed by atoms with Gasteiger partial charge >= 0.3 is 5.97 Å². The van der Waals surface area contributed by atoms with Crippen LogP contribution in [0.1, 0.15) is 27.9 Å². The molecule has 0 saturated heterocycles. The summed E-state index contributed by atoms with van der Waals surface area (Å²) < 4.78 is 17.8. The van der Waals surface area contributed by atoms with Gasteiger partial charge in [-0.3, -0.25) is 9.48 Å². The van der Waals surface area contributed by atoms with Gasteiger partial charge in [0.15, 0.2) is 6.10 Å². The molecular weight excluding hydrogens is 454 g/mol. The zero-order valence-corrected chi connectivity index (χ0v) is 20.1. The summed E-state index contributed by atoms with van der Waals surface area (Å²) in [6.45, 7) is 4.04. The Morgan fingerprint density at radius 3 is 2.38 bits per heavy atom. The van der Waals surface area contributed by atoms with Gasteiger partial charge in [0.2, 0.25) is 0 Å². The largest absolute Gasteiger partial charge is 0.497 e. The summed E-state index contributed by atoms with van der Waals surface area (Å²) in [6.07, 6.45) is -1.00. The minimum absolute atomic E-state index is 0.417. The Labute approximate surface area is 201 Å². The zero-order valence-electron chi connectivity index (χ0n) is 19.3.